The Balaban J connectivity index is 0.640. The number of carbonyl (C=O) groups excluding carboxylic acids is 7. The lowest BCUT2D eigenvalue weighted by Gasteiger charge is -2.42. The van der Waals surface area contributed by atoms with Crippen LogP contribution in [0.25, 0.3) is 28.0 Å². The molecule has 2 aromatic heterocycles. The van der Waals surface area contributed by atoms with E-state index in [0.29, 0.717) is 80.6 Å². The fourth-order valence-electron chi connectivity index (χ4n) is 14.2. The minimum Gasteiger partial charge on any atom is -0.508 e. The van der Waals surface area contributed by atoms with E-state index in [1.165, 1.54) is 10.6 Å². The second-order valence-corrected chi connectivity index (χ2v) is 29.0. The molecule has 0 unspecified atom stereocenters. The number of amides is 5. The number of carbonyl (C=O) groups is 7. The van der Waals surface area contributed by atoms with E-state index < -0.39 is 53.5 Å². The van der Waals surface area contributed by atoms with E-state index in [-0.39, 0.29) is 110 Å². The molecular weight excluding hydrogens is 1260 g/mol. The van der Waals surface area contributed by atoms with Crippen LogP contribution < -0.4 is 21.3 Å². The van der Waals surface area contributed by atoms with Crippen molar-refractivity contribution in [2.75, 3.05) is 52.4 Å². The standard InChI is InChI=1S/C76H101N11O12/c1-48(2)40-61(70(93)76(7)47-98-76)78-74(96)63(42-53-16-12-9-13-17-53)80-73(95)62(41-49(3)4)79-72(94)60(20-18-51-14-10-8-11-15-51)77-67(90)46-83-32-30-57(31-33-83)99-69(92)23-22-68(91)86-38-28-55(29-39-86)84-34-24-52(25-35-84)26-36-85-37-27-54-43-56(19-21-64(54)85)87-71(81-82-75(87)97)59-44-58(50(5)6)65(88)45-66(59)89/h8-17,19,21,27,37,43-45,48-50,52,55,57,60-63,88-89H,18,20,22-26,28-36,38-42,46-47H2,1-7H3,(H,77,90)(H,78,96)(H,79,94)(H,80,95)(H,82,97)/t60-,61-,62-,63-,76+/m0/s1. The maximum Gasteiger partial charge on any atom is 0.319 e. The molecule has 5 atom stereocenters. The van der Waals surface area contributed by atoms with Gasteiger partial charge in [-0.3, -0.25) is 38.5 Å². The first kappa shape index (κ1) is 73.1. The van der Waals surface area contributed by atoms with Crippen LogP contribution in [-0.2, 0) is 62.4 Å². The maximum absolute atomic E-state index is 14.4. The predicted molar refractivity (Wildman–Crippen MR) is 376 cm³/mol. The van der Waals surface area contributed by atoms with E-state index >= 15 is 0 Å². The van der Waals surface area contributed by atoms with Crippen molar-refractivity contribution in [3.05, 3.63) is 120 Å². The van der Waals surface area contributed by atoms with Crippen molar-refractivity contribution < 1.29 is 58.4 Å². The van der Waals surface area contributed by atoms with Crippen LogP contribution in [0.5, 0.6) is 17.5 Å². The van der Waals surface area contributed by atoms with Crippen molar-refractivity contribution >= 4 is 52.2 Å². The first-order chi connectivity index (χ1) is 47.5. The molecule has 4 aromatic carbocycles. The smallest absolute Gasteiger partial charge is 0.319 e. The van der Waals surface area contributed by atoms with Gasteiger partial charge in [0.2, 0.25) is 29.5 Å². The van der Waals surface area contributed by atoms with Gasteiger partial charge in [-0.1, -0.05) is 107 Å². The van der Waals surface area contributed by atoms with Gasteiger partial charge in [0.05, 0.1) is 36.9 Å². The number of aromatic nitrogens is 4. The lowest BCUT2D eigenvalue weighted by molar-refractivity contribution is -0.153. The molecule has 10 rings (SSSR count). The molecule has 6 aromatic rings. The number of rotatable bonds is 31. The van der Waals surface area contributed by atoms with Gasteiger partial charge in [-0.25, -0.2) is 4.57 Å². The molecule has 23 heteroatoms. The van der Waals surface area contributed by atoms with Crippen LogP contribution in [0, 0.1) is 17.8 Å². The summed E-state index contributed by atoms with van der Waals surface area (Å²) in [6.07, 6.45) is 9.28. The van der Waals surface area contributed by atoms with Crippen LogP contribution >= 0.6 is 0 Å². The van der Waals surface area contributed by atoms with E-state index in [1.807, 2.05) is 130 Å². The summed E-state index contributed by atoms with van der Waals surface area (Å²) in [5, 5.41) is 53.0. The highest BCUT2D eigenvalue weighted by atomic mass is 16.6. The summed E-state index contributed by atoms with van der Waals surface area (Å²) < 4.78 is 15.1. The molecule has 0 bridgehead atoms. The van der Waals surface area contributed by atoms with Crippen LogP contribution in [0.1, 0.15) is 148 Å². The summed E-state index contributed by atoms with van der Waals surface area (Å²) >= 11 is 0. The molecule has 0 spiro atoms. The maximum atomic E-state index is 14.4. The van der Waals surface area contributed by atoms with Crippen LogP contribution in [0.4, 0.5) is 0 Å². The summed E-state index contributed by atoms with van der Waals surface area (Å²) in [5.74, 6) is -2.02. The van der Waals surface area contributed by atoms with Crippen molar-refractivity contribution in [3.8, 4) is 34.6 Å². The van der Waals surface area contributed by atoms with Gasteiger partial charge in [-0.2, -0.15) is 0 Å². The van der Waals surface area contributed by atoms with Crippen molar-refractivity contribution in [2.24, 2.45) is 17.8 Å². The Labute approximate surface area is 580 Å². The molecule has 4 aliphatic heterocycles. The molecule has 7 N–H and O–H groups in total. The number of ether oxygens (including phenoxy) is 2. The molecule has 4 saturated heterocycles. The minimum atomic E-state index is -1.09. The van der Waals surface area contributed by atoms with E-state index in [0.717, 1.165) is 73.8 Å². The summed E-state index contributed by atoms with van der Waals surface area (Å²) in [4.78, 5) is 104. The number of hydrogen-bond acceptors (Lipinski definition) is 16. The third-order valence-electron chi connectivity index (χ3n) is 20.1. The highest BCUT2D eigenvalue weighted by Crippen LogP contribution is 2.40. The zero-order chi connectivity index (χ0) is 70.5. The first-order valence-electron chi connectivity index (χ1n) is 35.7. The summed E-state index contributed by atoms with van der Waals surface area (Å²) in [6, 6.07) is 25.9. The number of hydrogen-bond donors (Lipinski definition) is 7. The summed E-state index contributed by atoms with van der Waals surface area (Å²) in [5.41, 5.74) is 3.49. The average Bonchev–Trinajstić information content (AvgIpc) is 1.69. The molecule has 23 nitrogen and oxygen atoms in total. The van der Waals surface area contributed by atoms with Crippen molar-refractivity contribution in [1.82, 2.24) is 55.3 Å². The molecule has 99 heavy (non-hydrogen) atoms. The third kappa shape index (κ3) is 19.6. The Bertz CT molecular complexity index is 3750. The number of fused-ring (bicyclic) bond motifs is 1. The predicted octanol–water partition coefficient (Wildman–Crippen LogP) is 8.28. The van der Waals surface area contributed by atoms with Crippen molar-refractivity contribution in [2.45, 2.75) is 193 Å². The largest absolute Gasteiger partial charge is 0.508 e. The number of likely N-dealkylation sites (tertiary alicyclic amines) is 3. The number of phenolic OH excluding ortho intramolecular Hbond substituents is 2. The number of piperidine rings is 3. The van der Waals surface area contributed by atoms with E-state index in [4.69, 9.17) is 9.47 Å². The Morgan fingerprint density at radius 2 is 1.28 bits per heavy atom. The number of benzene rings is 4. The fourth-order valence-corrected chi connectivity index (χ4v) is 14.2. The quantitative estimate of drug-likeness (QED) is 0.0159. The zero-order valence-electron chi connectivity index (χ0n) is 58.5. The van der Waals surface area contributed by atoms with Crippen molar-refractivity contribution in [1.29, 1.82) is 0 Å². The lowest BCUT2D eigenvalue weighted by Crippen LogP contribution is -2.59. The Kier molecular flexibility index (Phi) is 24.7. The van der Waals surface area contributed by atoms with Gasteiger partial charge >= 0.3 is 12.0 Å². The van der Waals surface area contributed by atoms with Crippen molar-refractivity contribution in [3.63, 3.8) is 0 Å². The second-order valence-electron chi connectivity index (χ2n) is 29.0. The van der Waals surface area contributed by atoms with Crippen LogP contribution in [-0.4, -0.2) is 185 Å². The Morgan fingerprint density at radius 1 is 0.657 bits per heavy atom. The normalized spacial score (nSPS) is 18.6. The number of epoxide rings is 1. The first-order valence-corrected chi connectivity index (χ1v) is 35.7. The number of phenols is 2. The van der Waals surface area contributed by atoms with E-state index in [1.54, 1.807) is 13.0 Å². The van der Waals surface area contributed by atoms with Gasteiger partial charge in [0.25, 0.3) is 0 Å². The molecule has 5 amide bonds. The Morgan fingerprint density at radius 3 is 1.94 bits per heavy atom. The molecule has 0 saturated carbocycles. The highest BCUT2D eigenvalue weighted by Gasteiger charge is 2.50. The van der Waals surface area contributed by atoms with Crippen LogP contribution in [0.2, 0.25) is 0 Å². The Hall–Kier alpha value is -8.67. The molecule has 532 valence electrons. The lowest BCUT2D eigenvalue weighted by atomic mass is 9.91. The van der Waals surface area contributed by atoms with E-state index in [9.17, 15) is 48.9 Å². The van der Waals surface area contributed by atoms with E-state index in [2.05, 4.69) is 53.2 Å². The fraction of sp³-hybridized carbons (Fsp3) is 0.539. The van der Waals surface area contributed by atoms with Crippen LogP contribution in [0.3, 0.4) is 0 Å². The minimum absolute atomic E-state index is 0.00477. The number of nitrogens with zero attached hydrogens (tertiary/aromatic N) is 7. The zero-order valence-corrected chi connectivity index (χ0v) is 58.5. The van der Waals surface area contributed by atoms with Gasteiger partial charge in [0.1, 0.15) is 41.3 Å². The summed E-state index contributed by atoms with van der Waals surface area (Å²) in [7, 11) is 0. The number of Topliss-reactive ketones (excluding diaryl/α,β-unsaturated/α-hetero) is 1. The number of aryl methyl sites for hydroxylation is 2. The third-order valence-corrected chi connectivity index (χ3v) is 20.1. The molecular formula is C76H101N11O12. The second kappa shape index (κ2) is 33.5. The molecule has 4 aliphatic rings. The molecule has 0 aliphatic carbocycles. The summed E-state index contributed by atoms with van der Waals surface area (Å²) in [6.45, 7) is 18.8. The van der Waals surface area contributed by atoms with Gasteiger partial charge in [-0.15, -0.1) is 5.10 Å². The molecule has 6 heterocycles. The number of aromatic hydroxyl groups is 3. The molecule has 0 radical (unpaired) electrons. The van der Waals surface area contributed by atoms with Gasteiger partial charge in [0.15, 0.2) is 11.6 Å². The number of esters is 1. The van der Waals surface area contributed by atoms with Gasteiger partial charge in [0, 0.05) is 74.8 Å². The highest BCUT2D eigenvalue weighted by molar-refractivity contribution is 5.99. The van der Waals surface area contributed by atoms with Crippen LogP contribution in [0.15, 0.2) is 103 Å². The number of nitrogens with one attached hydrogen (secondary N) is 4. The topological polar surface area (TPSA) is 295 Å². The monoisotopic (exact) mass is 1360 g/mol. The average molecular weight is 1360 g/mol. The number of ketones is 1. The molecule has 4 fully saturated rings. The van der Waals surface area contributed by atoms with Gasteiger partial charge in [-0.05, 0) is 161 Å². The van der Waals surface area contributed by atoms with Gasteiger partial charge < -0.3 is 60.4 Å². The SMILES string of the molecule is CC(C)C[C@H](NC(=O)[C@H](CCc1ccccc1)NC(=O)CN1CCC(OC(=O)CCC(=O)N2CCC(N3CCC(CCn4ccc5cc(-n6c(O)nnc6-c6cc(C(C)C)c(O)cc6O)ccc54)CC3)CC2)CC1)C(=O)N[C@@H](Cc1ccccc1)C(=O)N[C@@H](CC(C)C)C(=O)[C@@]1(C)CO1.